The first-order chi connectivity index (χ1) is 14.3. The molecule has 5 heterocycles. The van der Waals surface area contributed by atoms with Crippen LogP contribution < -0.4 is 4.90 Å². The third-order valence-corrected chi connectivity index (χ3v) is 5.63. The first kappa shape index (κ1) is 17.8. The number of nitrogens with zero attached hydrogens (tertiary/aromatic N) is 6. The highest BCUT2D eigenvalue weighted by Crippen LogP contribution is 2.23. The number of anilines is 1. The van der Waals surface area contributed by atoms with Gasteiger partial charge in [0.05, 0.1) is 0 Å². The van der Waals surface area contributed by atoms with Gasteiger partial charge in [0.1, 0.15) is 5.82 Å². The molecule has 1 amide bonds. The summed E-state index contributed by atoms with van der Waals surface area (Å²) in [6.07, 6.45) is 5.22. The smallest absolute Gasteiger partial charge is 0.276 e. The molecular weight excluding hydrogens is 368 g/mol. The second-order valence-electron chi connectivity index (χ2n) is 7.39. The van der Waals surface area contributed by atoms with Crippen LogP contribution in [0.5, 0.6) is 0 Å². The summed E-state index contributed by atoms with van der Waals surface area (Å²) in [6, 6.07) is 11.8. The Morgan fingerprint density at radius 1 is 1.03 bits per heavy atom. The number of hydrogen-bond donors (Lipinski definition) is 0. The van der Waals surface area contributed by atoms with E-state index in [1.54, 1.807) is 18.5 Å². The minimum absolute atomic E-state index is 0.0766. The number of hydrogen-bond acceptors (Lipinski definition) is 7. The fraction of sp³-hybridized carbons (Fsp3) is 0.333. The Hall–Kier alpha value is -3.26. The van der Waals surface area contributed by atoms with E-state index in [1.807, 2.05) is 35.4 Å². The van der Waals surface area contributed by atoms with Crippen molar-refractivity contribution in [1.29, 1.82) is 0 Å². The summed E-state index contributed by atoms with van der Waals surface area (Å²) in [5, 5.41) is 3.96. The lowest BCUT2D eigenvalue weighted by atomic mass is 10.0. The quantitative estimate of drug-likeness (QED) is 0.672. The van der Waals surface area contributed by atoms with Gasteiger partial charge in [-0.2, -0.15) is 0 Å². The summed E-state index contributed by atoms with van der Waals surface area (Å²) in [5.41, 5.74) is 1.16. The molecule has 8 nitrogen and oxygen atoms in total. The average molecular weight is 390 g/mol. The van der Waals surface area contributed by atoms with E-state index in [-0.39, 0.29) is 5.91 Å². The molecule has 29 heavy (non-hydrogen) atoms. The summed E-state index contributed by atoms with van der Waals surface area (Å²) in [6.45, 7) is 5.35. The average Bonchev–Trinajstić information content (AvgIpc) is 3.25. The molecule has 0 spiro atoms. The van der Waals surface area contributed by atoms with Crippen LogP contribution in [0.4, 0.5) is 5.82 Å². The number of carbonyl (C=O) groups is 1. The van der Waals surface area contributed by atoms with Crippen LogP contribution in [0.2, 0.25) is 0 Å². The molecule has 0 aliphatic carbocycles. The van der Waals surface area contributed by atoms with Crippen molar-refractivity contribution in [1.82, 2.24) is 24.9 Å². The predicted octanol–water partition coefficient (Wildman–Crippen LogP) is 1.78. The number of pyridine rings is 2. The molecule has 0 bridgehead atoms. The van der Waals surface area contributed by atoms with Gasteiger partial charge in [-0.25, -0.2) is 4.98 Å². The number of piperazine rings is 1. The van der Waals surface area contributed by atoms with E-state index in [0.29, 0.717) is 17.5 Å². The summed E-state index contributed by atoms with van der Waals surface area (Å²) >= 11 is 0. The van der Waals surface area contributed by atoms with Crippen molar-refractivity contribution < 1.29 is 9.32 Å². The molecule has 8 heteroatoms. The number of carbonyl (C=O) groups excluding carboxylic acids is 1. The first-order valence-electron chi connectivity index (χ1n) is 9.84. The van der Waals surface area contributed by atoms with Crippen LogP contribution in [0.25, 0.3) is 11.3 Å². The van der Waals surface area contributed by atoms with E-state index >= 15 is 0 Å². The Kier molecular flexibility index (Phi) is 4.69. The molecular formula is C21H22N6O2. The summed E-state index contributed by atoms with van der Waals surface area (Å²) in [7, 11) is 0. The van der Waals surface area contributed by atoms with Gasteiger partial charge in [-0.3, -0.25) is 14.7 Å². The van der Waals surface area contributed by atoms with Crippen LogP contribution in [0.15, 0.2) is 59.5 Å². The van der Waals surface area contributed by atoms with Crippen LogP contribution in [0.3, 0.4) is 0 Å². The summed E-state index contributed by atoms with van der Waals surface area (Å²) < 4.78 is 5.33. The number of rotatable bonds is 4. The maximum Gasteiger partial charge on any atom is 0.276 e. The Balaban J connectivity index is 1.14. The summed E-state index contributed by atoms with van der Waals surface area (Å²) in [5.74, 6) is 1.52. The first-order valence-corrected chi connectivity index (χ1v) is 9.84. The predicted molar refractivity (Wildman–Crippen MR) is 107 cm³/mol. The molecule has 0 aromatic carbocycles. The van der Waals surface area contributed by atoms with E-state index in [2.05, 4.69) is 31.0 Å². The molecule has 3 aromatic heterocycles. The van der Waals surface area contributed by atoms with E-state index in [4.69, 9.17) is 4.52 Å². The fourth-order valence-electron chi connectivity index (χ4n) is 3.89. The van der Waals surface area contributed by atoms with Crippen molar-refractivity contribution in [3.8, 4) is 11.3 Å². The SMILES string of the molecule is O=C(c1cc(-c2cccnc2)on1)N1CC(N2CCN(c3ccccn3)CC2)C1. The van der Waals surface area contributed by atoms with Crippen LogP contribution in [0.1, 0.15) is 10.5 Å². The van der Waals surface area contributed by atoms with Crippen molar-refractivity contribution in [2.45, 2.75) is 6.04 Å². The maximum absolute atomic E-state index is 12.7. The Labute approximate surface area is 168 Å². The monoisotopic (exact) mass is 390 g/mol. The standard InChI is InChI=1S/C21H22N6O2/c28-21(18-12-19(29-24-18)16-4-3-6-22-13-16)27-14-17(15-27)25-8-10-26(11-9-25)20-5-1-2-7-23-20/h1-7,12-13,17H,8-11,14-15H2. The summed E-state index contributed by atoms with van der Waals surface area (Å²) in [4.78, 5) is 27.8. The molecule has 2 aliphatic heterocycles. The van der Waals surface area contributed by atoms with E-state index in [9.17, 15) is 4.79 Å². The Bertz CT molecular complexity index is 963. The van der Waals surface area contributed by atoms with Crippen LogP contribution >= 0.6 is 0 Å². The van der Waals surface area contributed by atoms with Gasteiger partial charge in [0.15, 0.2) is 11.5 Å². The molecule has 5 rings (SSSR count). The molecule has 0 unspecified atom stereocenters. The van der Waals surface area contributed by atoms with Crippen LogP contribution in [-0.4, -0.2) is 76.1 Å². The van der Waals surface area contributed by atoms with Gasteiger partial charge in [0.25, 0.3) is 5.91 Å². The normalized spacial score (nSPS) is 17.9. The van der Waals surface area contributed by atoms with Crippen LogP contribution in [0, 0.1) is 0 Å². The maximum atomic E-state index is 12.7. The zero-order valence-electron chi connectivity index (χ0n) is 16.0. The van der Waals surface area contributed by atoms with Gasteiger partial charge in [-0.1, -0.05) is 11.2 Å². The second-order valence-corrected chi connectivity index (χ2v) is 7.39. The molecule has 2 fully saturated rings. The lowest BCUT2D eigenvalue weighted by molar-refractivity contribution is 0.0239. The second kappa shape index (κ2) is 7.63. The molecule has 148 valence electrons. The minimum Gasteiger partial charge on any atom is -0.355 e. The third kappa shape index (κ3) is 3.58. The van der Waals surface area contributed by atoms with E-state index < -0.39 is 0 Å². The van der Waals surface area contributed by atoms with Gasteiger partial charge in [-0.15, -0.1) is 0 Å². The third-order valence-electron chi connectivity index (χ3n) is 5.63. The molecule has 0 radical (unpaired) electrons. The molecule has 3 aromatic rings. The van der Waals surface area contributed by atoms with Crippen molar-refractivity contribution in [3.05, 3.63) is 60.7 Å². The topological polar surface area (TPSA) is 78.6 Å². The van der Waals surface area contributed by atoms with Gasteiger partial charge >= 0.3 is 0 Å². The molecule has 2 aliphatic rings. The van der Waals surface area contributed by atoms with Crippen molar-refractivity contribution >= 4 is 11.7 Å². The van der Waals surface area contributed by atoms with Gasteiger partial charge < -0.3 is 14.3 Å². The molecule has 2 saturated heterocycles. The van der Waals surface area contributed by atoms with Crippen molar-refractivity contribution in [2.24, 2.45) is 0 Å². The molecule has 0 atom stereocenters. The zero-order chi connectivity index (χ0) is 19.6. The highest BCUT2D eigenvalue weighted by atomic mass is 16.5. The molecule has 0 N–H and O–H groups in total. The fourth-order valence-corrected chi connectivity index (χ4v) is 3.89. The van der Waals surface area contributed by atoms with Crippen LogP contribution in [-0.2, 0) is 0 Å². The van der Waals surface area contributed by atoms with E-state index in [1.165, 1.54) is 0 Å². The van der Waals surface area contributed by atoms with Gasteiger partial charge in [0.2, 0.25) is 0 Å². The Morgan fingerprint density at radius 3 is 2.62 bits per heavy atom. The Morgan fingerprint density at radius 2 is 1.90 bits per heavy atom. The zero-order valence-corrected chi connectivity index (χ0v) is 16.0. The lowest BCUT2D eigenvalue weighted by Gasteiger charge is -2.48. The largest absolute Gasteiger partial charge is 0.355 e. The molecule has 0 saturated carbocycles. The van der Waals surface area contributed by atoms with Crippen molar-refractivity contribution in [3.63, 3.8) is 0 Å². The van der Waals surface area contributed by atoms with E-state index in [0.717, 1.165) is 50.6 Å². The highest BCUT2D eigenvalue weighted by molar-refractivity contribution is 5.93. The van der Waals surface area contributed by atoms with Gasteiger partial charge in [-0.05, 0) is 24.3 Å². The number of amides is 1. The number of aromatic nitrogens is 3. The minimum atomic E-state index is -0.0766. The highest BCUT2D eigenvalue weighted by Gasteiger charge is 2.37. The number of likely N-dealkylation sites (tertiary alicyclic amines) is 1. The van der Waals surface area contributed by atoms with Gasteiger partial charge in [0, 0.05) is 75.5 Å². The van der Waals surface area contributed by atoms with Crippen molar-refractivity contribution in [2.75, 3.05) is 44.2 Å². The lowest BCUT2D eigenvalue weighted by Crippen LogP contribution is -2.64.